The molecule has 2 aliphatic rings. The first kappa shape index (κ1) is 35.5. The van der Waals surface area contributed by atoms with Gasteiger partial charge in [0.2, 0.25) is 0 Å². The zero-order chi connectivity index (χ0) is 41.5. The molecule has 63 heavy (non-hydrogen) atoms. The Morgan fingerprint density at radius 1 is 0.286 bits per heavy atom. The number of para-hydroxylation sites is 2. The fourth-order valence-electron chi connectivity index (χ4n) is 10.9. The van der Waals surface area contributed by atoms with Crippen LogP contribution in [0.5, 0.6) is 0 Å². The summed E-state index contributed by atoms with van der Waals surface area (Å²) < 4.78 is 2.46. The lowest BCUT2D eigenvalue weighted by Crippen LogP contribution is -2.26. The van der Waals surface area contributed by atoms with Crippen LogP contribution in [0.2, 0.25) is 0 Å². The van der Waals surface area contributed by atoms with Gasteiger partial charge in [-0.2, -0.15) is 0 Å². The Kier molecular flexibility index (Phi) is 7.85. The molecule has 1 heterocycles. The van der Waals surface area contributed by atoms with Gasteiger partial charge in [0, 0.05) is 33.5 Å². The molecule has 11 aromatic rings. The van der Waals surface area contributed by atoms with Crippen molar-refractivity contribution in [2.75, 3.05) is 4.90 Å². The van der Waals surface area contributed by atoms with Crippen LogP contribution in [-0.4, -0.2) is 4.57 Å². The maximum Gasteiger partial charge on any atom is 0.0727 e. The number of hydrogen-bond acceptors (Lipinski definition) is 1. The van der Waals surface area contributed by atoms with E-state index in [1.165, 1.54) is 94.3 Å². The van der Waals surface area contributed by atoms with Crippen molar-refractivity contribution in [3.63, 3.8) is 0 Å². The number of aromatic nitrogens is 1. The van der Waals surface area contributed by atoms with Crippen LogP contribution in [0.15, 0.2) is 243 Å². The lowest BCUT2D eigenvalue weighted by molar-refractivity contribution is 0.792. The van der Waals surface area contributed by atoms with Gasteiger partial charge in [0.1, 0.15) is 0 Å². The van der Waals surface area contributed by atoms with Gasteiger partial charge in [-0.1, -0.05) is 182 Å². The summed E-state index contributed by atoms with van der Waals surface area (Å²) >= 11 is 0. The van der Waals surface area contributed by atoms with E-state index < -0.39 is 5.41 Å². The zero-order valence-electron chi connectivity index (χ0n) is 34.5. The molecule has 1 aromatic heterocycles. The average Bonchev–Trinajstić information content (AvgIpc) is 3.96. The second-order valence-electron chi connectivity index (χ2n) is 16.8. The summed E-state index contributed by atoms with van der Waals surface area (Å²) in [6.45, 7) is 0. The summed E-state index contributed by atoms with van der Waals surface area (Å²) in [4.78, 5) is 2.43. The van der Waals surface area contributed by atoms with E-state index in [-0.39, 0.29) is 0 Å². The van der Waals surface area contributed by atoms with Crippen molar-refractivity contribution in [3.8, 4) is 50.2 Å². The highest BCUT2D eigenvalue weighted by Gasteiger charge is 2.52. The Morgan fingerprint density at radius 3 is 1.22 bits per heavy atom. The molecule has 0 aliphatic heterocycles. The second-order valence-corrected chi connectivity index (χ2v) is 16.8. The second kappa shape index (κ2) is 13.9. The topological polar surface area (TPSA) is 8.17 Å². The summed E-state index contributed by atoms with van der Waals surface area (Å²) in [5.74, 6) is 0. The van der Waals surface area contributed by atoms with Crippen LogP contribution >= 0.6 is 0 Å². The molecule has 1 spiro atoms. The molecule has 0 fully saturated rings. The van der Waals surface area contributed by atoms with E-state index in [0.29, 0.717) is 0 Å². The Balaban J connectivity index is 1.04. The maximum absolute atomic E-state index is 2.50. The van der Waals surface area contributed by atoms with Crippen LogP contribution in [0.4, 0.5) is 17.1 Å². The minimum atomic E-state index is -0.539. The fraction of sp³-hybridized carbons (Fsp3) is 0.0164. The lowest BCUT2D eigenvalue weighted by Gasteiger charge is -2.32. The van der Waals surface area contributed by atoms with Crippen molar-refractivity contribution in [2.24, 2.45) is 0 Å². The highest BCUT2D eigenvalue weighted by atomic mass is 15.1. The van der Waals surface area contributed by atoms with Gasteiger partial charge in [-0.15, -0.1) is 0 Å². The summed E-state index contributed by atoms with van der Waals surface area (Å²) in [7, 11) is 0. The van der Waals surface area contributed by atoms with Crippen LogP contribution in [0, 0.1) is 0 Å². The highest BCUT2D eigenvalue weighted by Crippen LogP contribution is 2.63. The van der Waals surface area contributed by atoms with Gasteiger partial charge in [0.05, 0.1) is 16.4 Å². The molecule has 0 amide bonds. The molecule has 2 aliphatic carbocycles. The smallest absolute Gasteiger partial charge is 0.0727 e. The number of benzene rings is 10. The highest BCUT2D eigenvalue weighted by molar-refractivity contribution is 6.09. The van der Waals surface area contributed by atoms with Gasteiger partial charge in [-0.25, -0.2) is 0 Å². The van der Waals surface area contributed by atoms with Crippen LogP contribution in [0.3, 0.4) is 0 Å². The summed E-state index contributed by atoms with van der Waals surface area (Å²) in [6, 6.07) is 89.6. The Hall–Kier alpha value is -8.20. The SMILES string of the molecule is c1ccc(-c2ccc(N(c3ccc(-c4ccccc4)cc3)c3ccc4c(c3)C3(c5ccccc5-c5ccccc53)c3cc(-n5c6ccccc6c6ccccc65)ccc3-4)cc2)cc1. The first-order valence-electron chi connectivity index (χ1n) is 21.8. The quantitative estimate of drug-likeness (QED) is 0.163. The average molecular weight is 801 g/mol. The molecule has 0 saturated carbocycles. The monoisotopic (exact) mass is 800 g/mol. The summed E-state index contributed by atoms with van der Waals surface area (Å²) in [6.07, 6.45) is 0. The van der Waals surface area contributed by atoms with E-state index in [0.717, 1.165) is 17.1 Å². The Morgan fingerprint density at radius 2 is 0.683 bits per heavy atom. The number of anilines is 3. The molecule has 13 rings (SSSR count). The first-order valence-corrected chi connectivity index (χ1v) is 21.8. The minimum absolute atomic E-state index is 0.539. The van der Waals surface area contributed by atoms with Gasteiger partial charge < -0.3 is 9.47 Å². The largest absolute Gasteiger partial charge is 0.310 e. The summed E-state index contributed by atoms with van der Waals surface area (Å²) in [5.41, 5.74) is 21.6. The third-order valence-corrected chi connectivity index (χ3v) is 13.6. The van der Waals surface area contributed by atoms with E-state index in [9.17, 15) is 0 Å². The third kappa shape index (κ3) is 5.25. The van der Waals surface area contributed by atoms with Gasteiger partial charge in [-0.05, 0) is 127 Å². The number of rotatable bonds is 6. The molecular formula is C61H40N2. The van der Waals surface area contributed by atoms with Crippen molar-refractivity contribution >= 4 is 38.9 Å². The maximum atomic E-state index is 2.50. The third-order valence-electron chi connectivity index (χ3n) is 13.6. The molecular weight excluding hydrogens is 761 g/mol. The van der Waals surface area contributed by atoms with Crippen molar-refractivity contribution in [1.29, 1.82) is 0 Å². The van der Waals surface area contributed by atoms with E-state index >= 15 is 0 Å². The lowest BCUT2D eigenvalue weighted by atomic mass is 9.70. The molecule has 0 N–H and O–H groups in total. The predicted octanol–water partition coefficient (Wildman–Crippen LogP) is 15.9. The molecule has 0 bridgehead atoms. The zero-order valence-corrected chi connectivity index (χ0v) is 34.5. The van der Waals surface area contributed by atoms with Crippen LogP contribution in [0.1, 0.15) is 22.3 Å². The molecule has 2 heteroatoms. The number of fused-ring (bicyclic) bond motifs is 13. The molecule has 0 saturated heterocycles. The van der Waals surface area contributed by atoms with Gasteiger partial charge in [-0.3, -0.25) is 0 Å². The number of nitrogens with zero attached hydrogens (tertiary/aromatic N) is 2. The Labute approximate surface area is 367 Å². The minimum Gasteiger partial charge on any atom is -0.310 e. The van der Waals surface area contributed by atoms with Gasteiger partial charge in [0.25, 0.3) is 0 Å². The normalized spacial score (nSPS) is 12.9. The van der Waals surface area contributed by atoms with Gasteiger partial charge in [0.15, 0.2) is 0 Å². The predicted molar refractivity (Wildman–Crippen MR) is 263 cm³/mol. The van der Waals surface area contributed by atoms with Crippen molar-refractivity contribution in [2.45, 2.75) is 5.41 Å². The van der Waals surface area contributed by atoms with Crippen molar-refractivity contribution < 1.29 is 0 Å². The van der Waals surface area contributed by atoms with Crippen molar-refractivity contribution in [3.05, 3.63) is 265 Å². The first-order chi connectivity index (χ1) is 31.3. The van der Waals surface area contributed by atoms with Crippen molar-refractivity contribution in [1.82, 2.24) is 4.57 Å². The van der Waals surface area contributed by atoms with Gasteiger partial charge >= 0.3 is 0 Å². The van der Waals surface area contributed by atoms with Crippen LogP contribution in [-0.2, 0) is 5.41 Å². The van der Waals surface area contributed by atoms with E-state index in [1.807, 2.05) is 0 Å². The Bertz CT molecular complexity index is 3360. The molecule has 0 atom stereocenters. The van der Waals surface area contributed by atoms with E-state index in [2.05, 4.69) is 252 Å². The van der Waals surface area contributed by atoms with E-state index in [1.54, 1.807) is 0 Å². The standard InChI is InChI=1S/C61H40N2/c1-3-15-41(16-4-1)43-27-31-45(32-28-43)62(46-33-29-44(30-34-46)42-17-5-2-6-18-42)47-35-37-51-52-38-36-48(63-59-25-13-9-21-53(59)54-22-10-14-26-60(54)63)40-58(52)61(57(51)39-47)55-23-11-7-19-49(55)50-20-8-12-24-56(50)61/h1-40H. The number of hydrogen-bond donors (Lipinski definition) is 0. The molecule has 294 valence electrons. The molecule has 0 unspecified atom stereocenters. The molecule has 2 nitrogen and oxygen atoms in total. The van der Waals surface area contributed by atoms with Crippen LogP contribution in [0.25, 0.3) is 72.0 Å². The van der Waals surface area contributed by atoms with Crippen LogP contribution < -0.4 is 4.90 Å². The molecule has 10 aromatic carbocycles. The summed E-state index contributed by atoms with van der Waals surface area (Å²) in [5, 5.41) is 2.53. The fourth-order valence-corrected chi connectivity index (χ4v) is 10.9. The van der Waals surface area contributed by atoms with E-state index in [4.69, 9.17) is 0 Å². The molecule has 0 radical (unpaired) electrons.